The molecule has 6 aromatic rings. The zero-order valence-electron chi connectivity index (χ0n) is 17.4. The van der Waals surface area contributed by atoms with Crippen LogP contribution in [0.2, 0.25) is 5.02 Å². The lowest BCUT2D eigenvalue weighted by Gasteiger charge is -2.08. The fourth-order valence-electron chi connectivity index (χ4n) is 3.64. The van der Waals surface area contributed by atoms with Crippen molar-refractivity contribution < 1.29 is 4.52 Å². The van der Waals surface area contributed by atoms with Crippen LogP contribution in [0.3, 0.4) is 0 Å². The third-order valence-corrected chi connectivity index (χ3v) is 5.49. The highest BCUT2D eigenvalue weighted by molar-refractivity contribution is 6.30. The smallest absolute Gasteiger partial charge is 0.296 e. The highest BCUT2D eigenvalue weighted by Gasteiger charge is 2.17. The summed E-state index contributed by atoms with van der Waals surface area (Å²) in [6, 6.07) is 20.5. The Morgan fingerprint density at radius 3 is 2.44 bits per heavy atom. The summed E-state index contributed by atoms with van der Waals surface area (Å²) in [6.45, 7) is 0. The molecule has 0 radical (unpaired) electrons. The van der Waals surface area contributed by atoms with Gasteiger partial charge in [-0.1, -0.05) is 28.9 Å². The SMILES string of the molecule is O=c1[nH]c(-c2cccc(-n3nc(-c4ccc(Cl)cc4)nc3-c3ccc4nccnc4c3)c2)no1. The van der Waals surface area contributed by atoms with Crippen molar-refractivity contribution in [2.75, 3.05) is 0 Å². The minimum absolute atomic E-state index is 0.326. The molecule has 3 aromatic heterocycles. The van der Waals surface area contributed by atoms with Gasteiger partial charge in [-0.2, -0.15) is 0 Å². The molecule has 0 fully saturated rings. The summed E-state index contributed by atoms with van der Waals surface area (Å²) in [5.74, 6) is 0.853. The summed E-state index contributed by atoms with van der Waals surface area (Å²) in [7, 11) is 0. The molecule has 0 aliphatic rings. The van der Waals surface area contributed by atoms with Crippen LogP contribution in [0.15, 0.2) is 88.4 Å². The molecule has 6 rings (SSSR count). The first-order valence-corrected chi connectivity index (χ1v) is 10.6. The summed E-state index contributed by atoms with van der Waals surface area (Å²) in [5.41, 5.74) is 4.57. The standard InChI is InChI=1S/C24H14ClN7O2/c25-17-7-4-14(5-8-17)21-28-23(16-6-9-19-20(13-16)27-11-10-26-19)32(30-21)18-3-1-2-15(12-18)22-29-24(33)34-31-22/h1-13H,(H,29,31,33). The Balaban J connectivity index is 1.54. The highest BCUT2D eigenvalue weighted by Crippen LogP contribution is 2.29. The number of nitrogens with zero attached hydrogens (tertiary/aromatic N) is 6. The second-order valence-electron chi connectivity index (χ2n) is 7.43. The molecular weight excluding hydrogens is 454 g/mol. The predicted octanol–water partition coefficient (Wildman–Crippen LogP) is 4.54. The van der Waals surface area contributed by atoms with E-state index in [0.717, 1.165) is 27.8 Å². The molecule has 3 aromatic carbocycles. The maximum atomic E-state index is 11.4. The van der Waals surface area contributed by atoms with Crippen LogP contribution in [-0.4, -0.2) is 34.9 Å². The molecule has 0 bridgehead atoms. The third kappa shape index (κ3) is 3.63. The van der Waals surface area contributed by atoms with Crippen molar-refractivity contribution in [2.24, 2.45) is 0 Å². The topological polar surface area (TPSA) is 115 Å². The second-order valence-corrected chi connectivity index (χ2v) is 7.87. The fraction of sp³-hybridized carbons (Fsp3) is 0. The number of hydrogen-bond acceptors (Lipinski definition) is 7. The number of nitrogens with one attached hydrogen (secondary N) is 1. The molecule has 0 atom stereocenters. The minimum Gasteiger partial charge on any atom is -0.296 e. The zero-order chi connectivity index (χ0) is 23.1. The van der Waals surface area contributed by atoms with Crippen molar-refractivity contribution in [1.82, 2.24) is 34.9 Å². The molecule has 0 saturated heterocycles. The largest absolute Gasteiger partial charge is 0.439 e. The van der Waals surface area contributed by atoms with E-state index >= 15 is 0 Å². The van der Waals surface area contributed by atoms with Crippen molar-refractivity contribution in [3.63, 3.8) is 0 Å². The van der Waals surface area contributed by atoms with E-state index in [-0.39, 0.29) is 0 Å². The lowest BCUT2D eigenvalue weighted by Crippen LogP contribution is -2.01. The van der Waals surface area contributed by atoms with Gasteiger partial charge in [-0.3, -0.25) is 19.5 Å². The minimum atomic E-state index is -0.621. The van der Waals surface area contributed by atoms with Gasteiger partial charge in [0.15, 0.2) is 17.5 Å². The van der Waals surface area contributed by atoms with E-state index in [9.17, 15) is 4.79 Å². The van der Waals surface area contributed by atoms with E-state index in [1.807, 2.05) is 54.6 Å². The Morgan fingerprint density at radius 2 is 1.65 bits per heavy atom. The van der Waals surface area contributed by atoms with Crippen molar-refractivity contribution in [2.45, 2.75) is 0 Å². The molecule has 0 aliphatic heterocycles. The molecule has 0 saturated carbocycles. The highest BCUT2D eigenvalue weighted by atomic mass is 35.5. The van der Waals surface area contributed by atoms with Gasteiger partial charge in [0.25, 0.3) is 0 Å². The fourth-order valence-corrected chi connectivity index (χ4v) is 3.77. The quantitative estimate of drug-likeness (QED) is 0.404. The van der Waals surface area contributed by atoms with Crippen LogP contribution >= 0.6 is 11.6 Å². The van der Waals surface area contributed by atoms with Crippen LogP contribution < -0.4 is 5.76 Å². The molecule has 0 aliphatic carbocycles. The van der Waals surface area contributed by atoms with Gasteiger partial charge in [-0.25, -0.2) is 14.5 Å². The van der Waals surface area contributed by atoms with Gasteiger partial charge >= 0.3 is 5.76 Å². The summed E-state index contributed by atoms with van der Waals surface area (Å²) < 4.78 is 6.39. The molecule has 34 heavy (non-hydrogen) atoms. The first-order valence-electron chi connectivity index (χ1n) is 10.2. The van der Waals surface area contributed by atoms with Crippen molar-refractivity contribution >= 4 is 22.6 Å². The Morgan fingerprint density at radius 1 is 0.853 bits per heavy atom. The Hall–Kier alpha value is -4.63. The van der Waals surface area contributed by atoms with Gasteiger partial charge in [-0.15, -0.1) is 5.10 Å². The molecule has 10 heteroatoms. The number of H-pyrrole nitrogens is 1. The molecular formula is C24H14ClN7O2. The summed E-state index contributed by atoms with van der Waals surface area (Å²) in [5, 5.41) is 9.20. The van der Waals surface area contributed by atoms with Crippen LogP contribution in [0.4, 0.5) is 0 Å². The monoisotopic (exact) mass is 467 g/mol. The maximum absolute atomic E-state index is 11.4. The van der Waals surface area contributed by atoms with Crippen molar-refractivity contribution in [1.29, 1.82) is 0 Å². The van der Waals surface area contributed by atoms with E-state index in [2.05, 4.69) is 24.6 Å². The predicted molar refractivity (Wildman–Crippen MR) is 126 cm³/mol. The average Bonchev–Trinajstić information content (AvgIpc) is 3.51. The Kier molecular flexibility index (Phi) is 4.74. The lowest BCUT2D eigenvalue weighted by atomic mass is 10.1. The zero-order valence-corrected chi connectivity index (χ0v) is 18.1. The third-order valence-electron chi connectivity index (χ3n) is 5.24. The van der Waals surface area contributed by atoms with Gasteiger partial charge in [0.1, 0.15) is 0 Å². The van der Waals surface area contributed by atoms with E-state index in [1.165, 1.54) is 0 Å². The van der Waals surface area contributed by atoms with Gasteiger partial charge in [0.05, 0.1) is 16.7 Å². The number of aromatic nitrogens is 7. The average molecular weight is 468 g/mol. The number of fused-ring (bicyclic) bond motifs is 1. The molecule has 3 heterocycles. The van der Waals surface area contributed by atoms with E-state index in [0.29, 0.717) is 28.1 Å². The van der Waals surface area contributed by atoms with Crippen molar-refractivity contribution in [3.05, 3.63) is 94.7 Å². The van der Waals surface area contributed by atoms with Gasteiger partial charge in [0.2, 0.25) is 0 Å². The summed E-state index contributed by atoms with van der Waals surface area (Å²) in [4.78, 5) is 27.6. The Bertz CT molecular complexity index is 1700. The number of hydrogen-bond donors (Lipinski definition) is 1. The number of rotatable bonds is 4. The van der Waals surface area contributed by atoms with E-state index < -0.39 is 5.76 Å². The lowest BCUT2D eigenvalue weighted by molar-refractivity contribution is 0.388. The normalized spacial score (nSPS) is 11.2. The van der Waals surface area contributed by atoms with E-state index in [4.69, 9.17) is 21.7 Å². The van der Waals surface area contributed by atoms with Crippen LogP contribution in [0.25, 0.3) is 50.9 Å². The first kappa shape index (κ1) is 20.0. The molecule has 0 amide bonds. The summed E-state index contributed by atoms with van der Waals surface area (Å²) in [6.07, 6.45) is 3.31. The molecule has 9 nitrogen and oxygen atoms in total. The van der Waals surface area contributed by atoms with Gasteiger partial charge < -0.3 is 0 Å². The molecule has 0 spiro atoms. The first-order chi connectivity index (χ1) is 16.6. The van der Waals surface area contributed by atoms with Gasteiger partial charge in [0, 0.05) is 34.1 Å². The maximum Gasteiger partial charge on any atom is 0.439 e. The number of benzene rings is 3. The van der Waals surface area contributed by atoms with Gasteiger partial charge in [-0.05, 0) is 54.6 Å². The van der Waals surface area contributed by atoms with Crippen LogP contribution in [-0.2, 0) is 0 Å². The molecule has 0 unspecified atom stereocenters. The molecule has 164 valence electrons. The summed E-state index contributed by atoms with van der Waals surface area (Å²) >= 11 is 6.06. The molecule has 1 N–H and O–H groups in total. The number of halogens is 1. The van der Waals surface area contributed by atoms with Crippen LogP contribution in [0.5, 0.6) is 0 Å². The van der Waals surface area contributed by atoms with Crippen LogP contribution in [0, 0.1) is 0 Å². The van der Waals surface area contributed by atoms with Crippen molar-refractivity contribution in [3.8, 4) is 39.9 Å². The Labute approximate surface area is 196 Å². The van der Waals surface area contributed by atoms with Crippen LogP contribution in [0.1, 0.15) is 0 Å². The second kappa shape index (κ2) is 8.05. The number of aromatic amines is 1. The van der Waals surface area contributed by atoms with E-state index in [1.54, 1.807) is 29.2 Å².